The lowest BCUT2D eigenvalue weighted by Crippen LogP contribution is -2.06. The van der Waals surface area contributed by atoms with Gasteiger partial charge in [-0.2, -0.15) is 0 Å². The topological polar surface area (TPSA) is 65.0 Å². The number of phosphoric acid groups is 1. The lowest BCUT2D eigenvalue weighted by atomic mass is 10.2. The molecule has 0 unspecified atom stereocenters. The number of phosphoric ester groups is 1. The lowest BCUT2D eigenvalue weighted by Gasteiger charge is -2.20. The molecule has 3 rings (SSSR count). The highest BCUT2D eigenvalue weighted by Gasteiger charge is 2.32. The summed E-state index contributed by atoms with van der Waals surface area (Å²) in [6, 6.07) is 17.3. The number of benzene rings is 3. The van der Waals surface area contributed by atoms with Gasteiger partial charge in [0.1, 0.15) is 17.2 Å². The molecule has 0 saturated carbocycles. The van der Waals surface area contributed by atoms with E-state index in [-0.39, 0.29) is 12.4 Å². The van der Waals surface area contributed by atoms with Crippen molar-refractivity contribution in [2.75, 3.05) is 0 Å². The molecule has 0 heterocycles. The highest BCUT2D eigenvalue weighted by Crippen LogP contribution is 2.52. The normalized spacial score (nSPS) is 11.3. The van der Waals surface area contributed by atoms with Crippen LogP contribution >= 0.6 is 71.5 Å². The van der Waals surface area contributed by atoms with Crippen molar-refractivity contribution in [2.45, 2.75) is 6.61 Å². The highest BCUT2D eigenvalue weighted by molar-refractivity contribution is 9.14. The summed E-state index contributed by atoms with van der Waals surface area (Å²) in [4.78, 5) is 0. The zero-order valence-corrected chi connectivity index (χ0v) is 21.8. The van der Waals surface area contributed by atoms with Crippen molar-refractivity contribution >= 4 is 71.5 Å². The van der Waals surface area contributed by atoms with Gasteiger partial charge in [-0.05, 0) is 88.0 Å². The first-order valence-corrected chi connectivity index (χ1v) is 12.7. The van der Waals surface area contributed by atoms with Crippen molar-refractivity contribution in [3.8, 4) is 17.2 Å². The van der Waals surface area contributed by atoms with Crippen LogP contribution in [0.15, 0.2) is 78.6 Å². The molecule has 0 saturated heterocycles. The summed E-state index contributed by atoms with van der Waals surface area (Å²) in [6.07, 6.45) is 0. The summed E-state index contributed by atoms with van der Waals surface area (Å²) in [6.45, 7) is -0.129. The van der Waals surface area contributed by atoms with Gasteiger partial charge in [-0.25, -0.2) is 4.57 Å². The van der Waals surface area contributed by atoms with Gasteiger partial charge in [0.2, 0.25) is 0 Å². The predicted octanol–water partition coefficient (Wildman–Crippen LogP) is 8.22. The van der Waals surface area contributed by atoms with Crippen LogP contribution < -0.4 is 9.05 Å². The Labute approximate surface area is 201 Å². The van der Waals surface area contributed by atoms with Crippen molar-refractivity contribution < 1.29 is 23.2 Å². The van der Waals surface area contributed by atoms with Crippen LogP contribution in [0.3, 0.4) is 0 Å². The Bertz CT molecular complexity index is 973. The first kappa shape index (κ1) is 22.8. The average Bonchev–Trinajstić information content (AvgIpc) is 2.72. The van der Waals surface area contributed by atoms with E-state index in [2.05, 4.69) is 63.7 Å². The molecule has 29 heavy (non-hydrogen) atoms. The second-order valence-electron chi connectivity index (χ2n) is 5.61. The first-order valence-electron chi connectivity index (χ1n) is 8.08. The van der Waals surface area contributed by atoms with Crippen LogP contribution in [0.1, 0.15) is 5.56 Å². The second-order valence-corrected chi connectivity index (χ2v) is 10.3. The standard InChI is InChI=1S/C19H13Br4O5P/c20-15-14(16(21)18(23)19(24)17(15)22)11-26-29(25,27-12-7-3-1-4-8-12)28-13-9-5-2-6-10-13/h1-10,24H,11H2. The summed E-state index contributed by atoms with van der Waals surface area (Å²) >= 11 is 13.4. The molecule has 0 amide bonds. The third-order valence-electron chi connectivity index (χ3n) is 3.62. The molecule has 0 spiro atoms. The van der Waals surface area contributed by atoms with E-state index in [1.807, 2.05) is 12.1 Å². The van der Waals surface area contributed by atoms with Crippen molar-refractivity contribution in [2.24, 2.45) is 0 Å². The Kier molecular flexibility index (Phi) is 7.87. The Morgan fingerprint density at radius 3 is 1.55 bits per heavy atom. The number of rotatable bonds is 7. The molecule has 152 valence electrons. The number of para-hydroxylation sites is 2. The van der Waals surface area contributed by atoms with Crippen molar-refractivity contribution in [3.63, 3.8) is 0 Å². The van der Waals surface area contributed by atoms with Crippen LogP contribution in [0.25, 0.3) is 0 Å². The minimum absolute atomic E-state index is 0.0109. The molecule has 1 N–H and O–H groups in total. The Hall–Kier alpha value is -0.830. The summed E-state index contributed by atoms with van der Waals surface area (Å²) in [5.74, 6) is 0.702. The third kappa shape index (κ3) is 5.66. The maximum absolute atomic E-state index is 13.4. The van der Waals surface area contributed by atoms with Gasteiger partial charge in [0.05, 0.1) is 15.6 Å². The SMILES string of the molecule is O=P(OCc1c(Br)c(Br)c(O)c(Br)c1Br)(Oc1ccccc1)Oc1ccccc1. The lowest BCUT2D eigenvalue weighted by molar-refractivity contribution is 0.200. The smallest absolute Gasteiger partial charge is 0.505 e. The van der Waals surface area contributed by atoms with Crippen LogP contribution in [0, 0.1) is 0 Å². The number of halogens is 4. The van der Waals surface area contributed by atoms with Gasteiger partial charge in [0.25, 0.3) is 0 Å². The Morgan fingerprint density at radius 2 is 1.14 bits per heavy atom. The molecule has 0 aliphatic rings. The summed E-state index contributed by atoms with van der Waals surface area (Å²) in [5.41, 5.74) is 0.593. The minimum Gasteiger partial charge on any atom is -0.505 e. The summed E-state index contributed by atoms with van der Waals surface area (Å²) < 4.78 is 32.2. The number of phenols is 1. The van der Waals surface area contributed by atoms with Gasteiger partial charge in [-0.3, -0.25) is 4.52 Å². The molecule has 0 bridgehead atoms. The van der Waals surface area contributed by atoms with Gasteiger partial charge < -0.3 is 14.2 Å². The van der Waals surface area contributed by atoms with E-state index < -0.39 is 7.82 Å². The molecule has 0 radical (unpaired) electrons. The van der Waals surface area contributed by atoms with E-state index >= 15 is 0 Å². The second kappa shape index (κ2) is 9.98. The predicted molar refractivity (Wildman–Crippen MR) is 125 cm³/mol. The van der Waals surface area contributed by atoms with Crippen molar-refractivity contribution in [1.29, 1.82) is 0 Å². The van der Waals surface area contributed by atoms with Crippen molar-refractivity contribution in [3.05, 3.63) is 84.1 Å². The molecule has 0 aromatic heterocycles. The molecule has 5 nitrogen and oxygen atoms in total. The van der Waals surface area contributed by atoms with Crippen molar-refractivity contribution in [1.82, 2.24) is 0 Å². The Balaban J connectivity index is 1.91. The summed E-state index contributed by atoms with van der Waals surface area (Å²) in [5, 5.41) is 10.1. The maximum atomic E-state index is 13.4. The number of hydrogen-bond acceptors (Lipinski definition) is 5. The van der Waals surface area contributed by atoms with E-state index in [1.165, 1.54) is 0 Å². The van der Waals surface area contributed by atoms with Gasteiger partial charge in [-0.1, -0.05) is 36.4 Å². The third-order valence-corrected chi connectivity index (χ3v) is 9.29. The van der Waals surface area contributed by atoms with E-state index in [0.29, 0.717) is 35.0 Å². The van der Waals surface area contributed by atoms with Crippen LogP contribution in [-0.2, 0) is 15.7 Å². The molecule has 0 aliphatic carbocycles. The molecule has 3 aromatic carbocycles. The van der Waals surface area contributed by atoms with E-state index in [0.717, 1.165) is 0 Å². The van der Waals surface area contributed by atoms with Gasteiger partial charge in [0, 0.05) is 14.5 Å². The molecular weight excluding hydrogens is 659 g/mol. The maximum Gasteiger partial charge on any atom is 0.587 e. The average molecular weight is 672 g/mol. The molecule has 3 aromatic rings. The summed E-state index contributed by atoms with van der Waals surface area (Å²) in [7, 11) is -4.05. The quantitative estimate of drug-likeness (QED) is 0.203. The van der Waals surface area contributed by atoms with Crippen LogP contribution in [0.4, 0.5) is 0 Å². The Morgan fingerprint density at radius 1 is 0.724 bits per heavy atom. The molecule has 0 atom stereocenters. The van der Waals surface area contributed by atoms with E-state index in [1.54, 1.807) is 48.5 Å². The fourth-order valence-corrected chi connectivity index (χ4v) is 5.83. The van der Waals surface area contributed by atoms with Gasteiger partial charge >= 0.3 is 7.82 Å². The number of phenolic OH excluding ortho intramolecular Hbond substituents is 1. The fourth-order valence-electron chi connectivity index (χ4n) is 2.23. The molecule has 10 heteroatoms. The zero-order valence-electron chi connectivity index (χ0n) is 14.5. The van der Waals surface area contributed by atoms with Gasteiger partial charge in [-0.15, -0.1) is 0 Å². The van der Waals surface area contributed by atoms with E-state index in [4.69, 9.17) is 13.6 Å². The van der Waals surface area contributed by atoms with Crippen LogP contribution in [0.2, 0.25) is 0 Å². The highest BCUT2D eigenvalue weighted by atomic mass is 79.9. The zero-order chi connectivity index (χ0) is 21.0. The number of aromatic hydroxyl groups is 1. The van der Waals surface area contributed by atoms with Gasteiger partial charge in [0.15, 0.2) is 0 Å². The molecular formula is C19H13Br4O5P. The monoisotopic (exact) mass is 668 g/mol. The fraction of sp³-hybridized carbons (Fsp3) is 0.0526. The minimum atomic E-state index is -4.05. The first-order chi connectivity index (χ1) is 13.8. The van der Waals surface area contributed by atoms with Crippen LogP contribution in [-0.4, -0.2) is 5.11 Å². The number of hydrogen-bond donors (Lipinski definition) is 1. The molecule has 0 aliphatic heterocycles. The molecule has 0 fully saturated rings. The van der Waals surface area contributed by atoms with E-state index in [9.17, 15) is 9.67 Å². The van der Waals surface area contributed by atoms with Crippen LogP contribution in [0.5, 0.6) is 17.2 Å². The largest absolute Gasteiger partial charge is 0.587 e.